The molecule has 4 rings (SSSR count). The van der Waals surface area contributed by atoms with E-state index < -0.39 is 116 Å². The van der Waals surface area contributed by atoms with Gasteiger partial charge in [0.25, 0.3) is 5.91 Å². The summed E-state index contributed by atoms with van der Waals surface area (Å²) in [6.45, 7) is -0.753. The summed E-state index contributed by atoms with van der Waals surface area (Å²) in [6, 6.07) is -4.24. The van der Waals surface area contributed by atoms with Gasteiger partial charge in [-0.3, -0.25) is 4.79 Å². The Hall–Kier alpha value is -1.17. The van der Waals surface area contributed by atoms with E-state index in [1.54, 1.807) is 0 Å². The average Bonchev–Trinajstić information content (AvgIpc) is 3.58. The van der Waals surface area contributed by atoms with Crippen LogP contribution in [0.25, 0.3) is 0 Å². The molecule has 2 aliphatic carbocycles. The van der Waals surface area contributed by atoms with E-state index in [1.807, 2.05) is 0 Å². The van der Waals surface area contributed by atoms with Gasteiger partial charge in [0.05, 0.1) is 43.6 Å². The largest absolute Gasteiger partial charge is 0.395 e. The molecule has 0 aromatic carbocycles. The highest BCUT2D eigenvalue weighted by molar-refractivity contribution is 5.89. The molecule has 2 aliphatic heterocycles. The molecule has 2 heterocycles. The normalized spacial score (nSPS) is 51.2. The van der Waals surface area contributed by atoms with Gasteiger partial charge in [0, 0.05) is 37.5 Å². The van der Waals surface area contributed by atoms with Crippen molar-refractivity contribution in [3.8, 4) is 0 Å². The average molecular weight is 612 g/mol. The van der Waals surface area contributed by atoms with Crippen LogP contribution in [0.15, 0.2) is 0 Å². The van der Waals surface area contributed by atoms with E-state index in [0.29, 0.717) is 0 Å². The first kappa shape index (κ1) is 33.7. The van der Waals surface area contributed by atoms with Crippen molar-refractivity contribution < 1.29 is 65.0 Å². The van der Waals surface area contributed by atoms with Crippen LogP contribution in [-0.4, -0.2) is 175 Å². The minimum absolute atomic E-state index is 0.00227. The Morgan fingerprint density at radius 1 is 0.905 bits per heavy atom. The van der Waals surface area contributed by atoms with Crippen molar-refractivity contribution in [2.45, 2.75) is 110 Å². The lowest BCUT2D eigenvalue weighted by Gasteiger charge is -2.52. The number of nitrogens with two attached hydrogens (primary N) is 3. The minimum atomic E-state index is -1.84. The number of aliphatic hydroxyl groups excluding tert-OH is 8. The van der Waals surface area contributed by atoms with E-state index in [2.05, 4.69) is 10.6 Å². The number of ether oxygens (including phenoxy) is 3. The van der Waals surface area contributed by atoms with Crippen LogP contribution < -0.4 is 27.8 Å². The van der Waals surface area contributed by atoms with Gasteiger partial charge in [0.2, 0.25) is 0 Å². The highest BCUT2D eigenvalue weighted by Gasteiger charge is 2.60. The second-order valence-electron chi connectivity index (χ2n) is 11.7. The number of carbonyl (C=O) groups is 1. The lowest BCUT2D eigenvalue weighted by molar-refractivity contribution is -0.310. The van der Waals surface area contributed by atoms with Gasteiger partial charge < -0.3 is 88.0 Å². The Morgan fingerprint density at radius 2 is 1.57 bits per heavy atom. The molecule has 3 unspecified atom stereocenters. The van der Waals surface area contributed by atoms with Crippen LogP contribution in [0, 0.1) is 5.92 Å². The van der Waals surface area contributed by atoms with Crippen molar-refractivity contribution in [1.82, 2.24) is 10.6 Å². The summed E-state index contributed by atoms with van der Waals surface area (Å²) in [5, 5.41) is 98.9. The molecule has 0 bridgehead atoms. The SMILES string of the molecule is NC1CC1(O)C(=O)N[C@@H]1C[C@H](N)C([C@H]2O[C@H](CNCCO)[C@@H](O)[C@H](O)[C@H]2O)[C@H](O)[C@H]1O[C@H]1O[C@H](CO)[C@@H](O)[C@H](N)[C@H]1O. The van der Waals surface area contributed by atoms with Gasteiger partial charge in [-0.2, -0.15) is 0 Å². The molecule has 0 aromatic heterocycles. The Bertz CT molecular complexity index is 924. The van der Waals surface area contributed by atoms with Crippen molar-refractivity contribution in [3.63, 3.8) is 0 Å². The number of carbonyl (C=O) groups excluding carboxylic acids is 1. The third-order valence-electron chi connectivity index (χ3n) is 8.83. The Labute approximate surface area is 241 Å². The summed E-state index contributed by atoms with van der Waals surface area (Å²) in [6.07, 6.45) is -16.6. The number of aliphatic hydroxyl groups is 9. The van der Waals surface area contributed by atoms with Gasteiger partial charge in [-0.1, -0.05) is 0 Å². The predicted molar refractivity (Wildman–Crippen MR) is 139 cm³/mol. The predicted octanol–water partition coefficient (Wildman–Crippen LogP) is -8.78. The van der Waals surface area contributed by atoms with E-state index in [4.69, 9.17) is 36.5 Å². The summed E-state index contributed by atoms with van der Waals surface area (Å²) in [4.78, 5) is 12.9. The third kappa shape index (κ3) is 6.45. The quantitative estimate of drug-likeness (QED) is 0.102. The van der Waals surface area contributed by atoms with Gasteiger partial charge in [0.15, 0.2) is 11.9 Å². The van der Waals surface area contributed by atoms with Crippen molar-refractivity contribution in [2.24, 2.45) is 23.1 Å². The van der Waals surface area contributed by atoms with Gasteiger partial charge in [-0.15, -0.1) is 0 Å². The third-order valence-corrected chi connectivity index (χ3v) is 8.83. The first-order valence-corrected chi connectivity index (χ1v) is 14.0. The molecular formula is C24H45N5O13. The summed E-state index contributed by atoms with van der Waals surface area (Å²) in [5.74, 6) is -2.03. The number of nitrogens with one attached hydrogen (secondary N) is 2. The first-order chi connectivity index (χ1) is 19.8. The summed E-state index contributed by atoms with van der Waals surface area (Å²) in [7, 11) is 0. The smallest absolute Gasteiger partial charge is 0.253 e. The fraction of sp³-hybridized carbons (Fsp3) is 0.958. The van der Waals surface area contributed by atoms with E-state index in [1.165, 1.54) is 0 Å². The fourth-order valence-corrected chi connectivity index (χ4v) is 6.05. The molecular weight excluding hydrogens is 566 g/mol. The molecule has 17 N–H and O–H groups in total. The van der Waals surface area contributed by atoms with Gasteiger partial charge in [0.1, 0.15) is 42.7 Å². The monoisotopic (exact) mass is 611 g/mol. The maximum absolute atomic E-state index is 12.9. The second-order valence-corrected chi connectivity index (χ2v) is 11.7. The topological polar surface area (TPSA) is 329 Å². The second kappa shape index (κ2) is 13.4. The summed E-state index contributed by atoms with van der Waals surface area (Å²) in [5.41, 5.74) is 16.2. The molecule has 4 fully saturated rings. The molecule has 0 radical (unpaired) electrons. The van der Waals surface area contributed by atoms with E-state index in [9.17, 15) is 45.6 Å². The van der Waals surface area contributed by atoms with E-state index in [-0.39, 0.29) is 32.5 Å². The van der Waals surface area contributed by atoms with Gasteiger partial charge in [-0.25, -0.2) is 0 Å². The summed E-state index contributed by atoms with van der Waals surface area (Å²) >= 11 is 0. The van der Waals surface area contributed by atoms with Crippen LogP contribution in [0.4, 0.5) is 0 Å². The molecule has 2 saturated carbocycles. The van der Waals surface area contributed by atoms with E-state index in [0.717, 1.165) is 0 Å². The molecule has 42 heavy (non-hydrogen) atoms. The molecule has 0 spiro atoms. The Morgan fingerprint density at radius 3 is 2.17 bits per heavy atom. The Balaban J connectivity index is 1.60. The maximum atomic E-state index is 12.9. The zero-order valence-electron chi connectivity index (χ0n) is 22.9. The van der Waals surface area contributed by atoms with Crippen LogP contribution in [-0.2, 0) is 19.0 Å². The van der Waals surface area contributed by atoms with Crippen LogP contribution in [0.3, 0.4) is 0 Å². The van der Waals surface area contributed by atoms with Crippen molar-refractivity contribution >= 4 is 5.91 Å². The molecule has 2 saturated heterocycles. The Kier molecular flexibility index (Phi) is 10.8. The lowest BCUT2D eigenvalue weighted by atomic mass is 9.72. The van der Waals surface area contributed by atoms with Gasteiger partial charge >= 0.3 is 0 Å². The fourth-order valence-electron chi connectivity index (χ4n) is 6.05. The number of hydrogen-bond donors (Lipinski definition) is 14. The molecule has 244 valence electrons. The van der Waals surface area contributed by atoms with Crippen LogP contribution in [0.5, 0.6) is 0 Å². The van der Waals surface area contributed by atoms with Crippen LogP contribution in [0.1, 0.15) is 12.8 Å². The van der Waals surface area contributed by atoms with Crippen molar-refractivity contribution in [1.29, 1.82) is 0 Å². The van der Waals surface area contributed by atoms with Crippen LogP contribution in [0.2, 0.25) is 0 Å². The number of amides is 1. The molecule has 0 aromatic rings. The zero-order chi connectivity index (χ0) is 31.1. The van der Waals surface area contributed by atoms with Crippen LogP contribution >= 0.6 is 0 Å². The molecule has 18 nitrogen and oxygen atoms in total. The van der Waals surface area contributed by atoms with Crippen molar-refractivity contribution in [2.75, 3.05) is 26.3 Å². The first-order valence-electron chi connectivity index (χ1n) is 14.0. The highest BCUT2D eigenvalue weighted by atomic mass is 16.7. The molecule has 18 heteroatoms. The van der Waals surface area contributed by atoms with Crippen molar-refractivity contribution in [3.05, 3.63) is 0 Å². The number of rotatable bonds is 10. The molecule has 1 amide bonds. The zero-order valence-corrected chi connectivity index (χ0v) is 22.9. The van der Waals surface area contributed by atoms with E-state index >= 15 is 0 Å². The number of hydrogen-bond acceptors (Lipinski definition) is 17. The molecule has 17 atom stereocenters. The lowest BCUT2D eigenvalue weighted by Crippen LogP contribution is -2.71. The highest BCUT2D eigenvalue weighted by Crippen LogP contribution is 2.39. The van der Waals surface area contributed by atoms with Gasteiger partial charge in [-0.05, 0) is 6.42 Å². The minimum Gasteiger partial charge on any atom is -0.395 e. The summed E-state index contributed by atoms with van der Waals surface area (Å²) < 4.78 is 17.4. The standard InChI is InChI=1S/C24H45N5O13/c25-7-3-8(29-23(38)24(39)4-11(24)26)20(42-22-17(35)13(27)14(32)10(6-31)41-22)16(34)12(7)21-19(37)18(36)15(33)9(40-21)5-28-1-2-30/h7-22,28,30-37,39H,1-6,25-27H2,(H,29,38)/t7-,8+,9+,10+,11?,12?,13-,14+,15+,16-,17+,18-,19+,20-,21+,22+,24?/m0/s1. The maximum Gasteiger partial charge on any atom is 0.253 e. The molecule has 4 aliphatic rings.